The summed E-state index contributed by atoms with van der Waals surface area (Å²) in [5.74, 6) is 0.241. The fourth-order valence-electron chi connectivity index (χ4n) is 1.87. The van der Waals surface area contributed by atoms with Gasteiger partial charge in [0.15, 0.2) is 5.82 Å². The van der Waals surface area contributed by atoms with Crippen LogP contribution in [0.25, 0.3) is 11.4 Å². The summed E-state index contributed by atoms with van der Waals surface area (Å²) in [6, 6.07) is 15.9. The Bertz CT molecular complexity index is 836. The molecule has 0 fully saturated rings. The van der Waals surface area contributed by atoms with Gasteiger partial charge >= 0.3 is 0 Å². The van der Waals surface area contributed by atoms with Crippen LogP contribution in [-0.2, 0) is 0 Å². The lowest BCUT2D eigenvalue weighted by atomic mass is 10.2. The van der Waals surface area contributed by atoms with Crippen molar-refractivity contribution in [1.29, 1.82) is 0 Å². The van der Waals surface area contributed by atoms with Crippen molar-refractivity contribution < 1.29 is 4.39 Å². The van der Waals surface area contributed by atoms with Crippen molar-refractivity contribution in [3.05, 3.63) is 70.7 Å². The van der Waals surface area contributed by atoms with Crippen LogP contribution < -0.4 is 0 Å². The summed E-state index contributed by atoms with van der Waals surface area (Å²) in [5, 5.41) is 11.1. The number of nitrogens with zero attached hydrogens (tertiary/aromatic N) is 3. The van der Waals surface area contributed by atoms with Gasteiger partial charge < -0.3 is 0 Å². The zero-order chi connectivity index (χ0) is 14.7. The van der Waals surface area contributed by atoms with Crippen molar-refractivity contribution >= 4 is 18.4 Å². The molecule has 104 valence electrons. The third-order valence-electron chi connectivity index (χ3n) is 2.90. The van der Waals surface area contributed by atoms with Gasteiger partial charge in [0.05, 0.1) is 6.21 Å². The van der Waals surface area contributed by atoms with Crippen LogP contribution in [0, 0.1) is 10.6 Å². The highest BCUT2D eigenvalue weighted by molar-refractivity contribution is 7.71. The Balaban J connectivity index is 2.02. The van der Waals surface area contributed by atoms with Crippen molar-refractivity contribution in [3.8, 4) is 11.4 Å². The molecule has 6 heteroatoms. The van der Waals surface area contributed by atoms with Gasteiger partial charge in [0.1, 0.15) is 5.82 Å². The largest absolute Gasteiger partial charge is 0.250 e. The van der Waals surface area contributed by atoms with Crippen molar-refractivity contribution in [2.75, 3.05) is 0 Å². The Morgan fingerprint density at radius 3 is 2.57 bits per heavy atom. The van der Waals surface area contributed by atoms with E-state index in [1.165, 1.54) is 17.0 Å². The molecule has 0 amide bonds. The number of nitrogens with one attached hydrogen (secondary N) is 1. The summed E-state index contributed by atoms with van der Waals surface area (Å²) in [7, 11) is 0. The number of H-pyrrole nitrogens is 1. The van der Waals surface area contributed by atoms with Gasteiger partial charge in [0.25, 0.3) is 0 Å². The lowest BCUT2D eigenvalue weighted by Crippen LogP contribution is -1.96. The van der Waals surface area contributed by atoms with Gasteiger partial charge in [0.2, 0.25) is 4.77 Å². The molecule has 1 N–H and O–H groups in total. The summed E-state index contributed by atoms with van der Waals surface area (Å²) in [6.07, 6.45) is 1.42. The van der Waals surface area contributed by atoms with Gasteiger partial charge in [-0.1, -0.05) is 48.5 Å². The number of benzene rings is 2. The second-order valence-corrected chi connectivity index (χ2v) is 4.68. The van der Waals surface area contributed by atoms with Crippen LogP contribution in [0.2, 0.25) is 0 Å². The van der Waals surface area contributed by atoms with Crippen molar-refractivity contribution in [3.63, 3.8) is 0 Å². The molecule has 0 aliphatic rings. The molecule has 2 aromatic carbocycles. The average Bonchev–Trinajstić information content (AvgIpc) is 2.88. The van der Waals surface area contributed by atoms with Crippen LogP contribution in [0.3, 0.4) is 0 Å². The molecular formula is C15H11FN4S. The molecule has 0 unspecified atom stereocenters. The minimum atomic E-state index is -0.336. The van der Waals surface area contributed by atoms with Crippen molar-refractivity contribution in [2.24, 2.45) is 5.10 Å². The van der Waals surface area contributed by atoms with Gasteiger partial charge in [-0.2, -0.15) is 14.9 Å². The average molecular weight is 298 g/mol. The van der Waals surface area contributed by atoms with Gasteiger partial charge in [-0.3, -0.25) is 0 Å². The smallest absolute Gasteiger partial charge is 0.216 e. The van der Waals surface area contributed by atoms with E-state index in [0.717, 1.165) is 5.56 Å². The molecule has 1 heterocycles. The molecule has 3 aromatic rings. The van der Waals surface area contributed by atoms with E-state index < -0.39 is 0 Å². The van der Waals surface area contributed by atoms with Crippen LogP contribution >= 0.6 is 12.2 Å². The maximum atomic E-state index is 13.6. The summed E-state index contributed by atoms with van der Waals surface area (Å²) in [6.45, 7) is 0. The first kappa shape index (κ1) is 13.4. The predicted octanol–water partition coefficient (Wildman–Crippen LogP) is 3.63. The first-order valence-corrected chi connectivity index (χ1v) is 6.68. The van der Waals surface area contributed by atoms with E-state index in [0.29, 0.717) is 16.2 Å². The van der Waals surface area contributed by atoms with Crippen molar-refractivity contribution in [1.82, 2.24) is 14.9 Å². The minimum absolute atomic E-state index is 0.336. The topological polar surface area (TPSA) is 46.0 Å². The van der Waals surface area contributed by atoms with E-state index in [4.69, 9.17) is 12.2 Å². The molecule has 0 bridgehead atoms. The summed E-state index contributed by atoms with van der Waals surface area (Å²) < 4.78 is 15.4. The Morgan fingerprint density at radius 1 is 1.10 bits per heavy atom. The number of halogens is 1. The third kappa shape index (κ3) is 2.80. The molecule has 0 spiro atoms. The zero-order valence-electron chi connectivity index (χ0n) is 10.9. The quantitative estimate of drug-likeness (QED) is 0.593. The van der Waals surface area contributed by atoms with Gasteiger partial charge in [-0.25, -0.2) is 9.49 Å². The molecule has 3 rings (SSSR count). The second-order valence-electron chi connectivity index (χ2n) is 4.30. The fraction of sp³-hybridized carbons (Fsp3) is 0. The van der Waals surface area contributed by atoms with E-state index in [1.54, 1.807) is 18.2 Å². The first-order chi connectivity index (χ1) is 10.3. The van der Waals surface area contributed by atoms with E-state index in [-0.39, 0.29) is 5.82 Å². The van der Waals surface area contributed by atoms with Crippen LogP contribution in [-0.4, -0.2) is 21.1 Å². The van der Waals surface area contributed by atoms with E-state index in [1.807, 2.05) is 30.3 Å². The third-order valence-corrected chi connectivity index (χ3v) is 3.16. The fourth-order valence-corrected chi connectivity index (χ4v) is 2.05. The molecule has 0 aliphatic heterocycles. The summed E-state index contributed by atoms with van der Waals surface area (Å²) >= 11 is 5.16. The highest BCUT2D eigenvalue weighted by Gasteiger charge is 2.07. The van der Waals surface area contributed by atoms with E-state index in [9.17, 15) is 4.39 Å². The molecule has 21 heavy (non-hydrogen) atoms. The van der Waals surface area contributed by atoms with Gasteiger partial charge in [-0.05, 0) is 18.3 Å². The lowest BCUT2D eigenvalue weighted by molar-refractivity contribution is 0.625. The number of hydrogen-bond acceptors (Lipinski definition) is 3. The van der Waals surface area contributed by atoms with E-state index >= 15 is 0 Å². The van der Waals surface area contributed by atoms with Gasteiger partial charge in [-0.15, -0.1) is 0 Å². The van der Waals surface area contributed by atoms with Crippen LogP contribution in [0.1, 0.15) is 5.56 Å². The monoisotopic (exact) mass is 298 g/mol. The number of aromatic amines is 1. The van der Waals surface area contributed by atoms with E-state index in [2.05, 4.69) is 15.3 Å². The molecular weight excluding hydrogens is 287 g/mol. The Hall–Kier alpha value is -2.60. The normalized spacial score (nSPS) is 11.1. The summed E-state index contributed by atoms with van der Waals surface area (Å²) in [5.41, 5.74) is 1.26. The number of hydrogen-bond donors (Lipinski definition) is 1. The SMILES string of the molecule is Fc1ccccc1C=Nn1c(-c2ccccc2)n[nH]c1=S. The molecule has 1 aromatic heterocycles. The zero-order valence-corrected chi connectivity index (χ0v) is 11.7. The van der Waals surface area contributed by atoms with Crippen LogP contribution in [0.5, 0.6) is 0 Å². The first-order valence-electron chi connectivity index (χ1n) is 6.27. The number of rotatable bonds is 3. The molecule has 4 nitrogen and oxygen atoms in total. The Kier molecular flexibility index (Phi) is 3.70. The standard InChI is InChI=1S/C15H11FN4S/c16-13-9-5-4-8-12(13)10-17-20-14(18-19-15(20)21)11-6-2-1-3-7-11/h1-10H,(H,19,21). The van der Waals surface area contributed by atoms with Gasteiger partial charge in [0, 0.05) is 11.1 Å². The molecule has 0 atom stereocenters. The van der Waals surface area contributed by atoms with Crippen LogP contribution in [0.15, 0.2) is 59.7 Å². The predicted molar refractivity (Wildman–Crippen MR) is 82.2 cm³/mol. The maximum absolute atomic E-state index is 13.6. The van der Waals surface area contributed by atoms with Crippen molar-refractivity contribution in [2.45, 2.75) is 0 Å². The number of aromatic nitrogens is 3. The second kappa shape index (κ2) is 5.80. The molecule has 0 saturated heterocycles. The Labute approximate surface area is 125 Å². The molecule has 0 aliphatic carbocycles. The van der Waals surface area contributed by atoms with Crippen LogP contribution in [0.4, 0.5) is 4.39 Å². The highest BCUT2D eigenvalue weighted by atomic mass is 32.1. The Morgan fingerprint density at radius 2 is 1.81 bits per heavy atom. The minimum Gasteiger partial charge on any atom is -0.250 e. The highest BCUT2D eigenvalue weighted by Crippen LogP contribution is 2.16. The summed E-state index contributed by atoms with van der Waals surface area (Å²) in [4.78, 5) is 0. The lowest BCUT2D eigenvalue weighted by Gasteiger charge is -2.00. The molecule has 0 radical (unpaired) electrons. The molecule has 0 saturated carbocycles. The maximum Gasteiger partial charge on any atom is 0.216 e.